The first-order valence-corrected chi connectivity index (χ1v) is 12.5. The molecule has 0 aliphatic heterocycles. The molecule has 0 aliphatic rings. The molecule has 2 nitrogen and oxygen atoms in total. The summed E-state index contributed by atoms with van der Waals surface area (Å²) in [5.41, 5.74) is 6.59. The lowest BCUT2D eigenvalue weighted by molar-refractivity contribution is 0.469. The maximum atomic E-state index is 6.15. The lowest BCUT2D eigenvalue weighted by atomic mass is 10.3. The summed E-state index contributed by atoms with van der Waals surface area (Å²) in [6, 6.07) is 0. The average Bonchev–Trinajstić information content (AvgIpc) is 2.54. The molecule has 0 radical (unpaired) electrons. The van der Waals surface area contributed by atoms with Crippen molar-refractivity contribution in [3.8, 4) is 11.5 Å². The van der Waals surface area contributed by atoms with Gasteiger partial charge in [0.15, 0.2) is 11.5 Å². The molecule has 0 saturated heterocycles. The van der Waals surface area contributed by atoms with Crippen LogP contribution in [0.3, 0.4) is 0 Å². The van der Waals surface area contributed by atoms with Crippen molar-refractivity contribution < 1.29 is 4.74 Å². The van der Waals surface area contributed by atoms with E-state index in [9.17, 15) is 0 Å². The monoisotopic (exact) mass is 886 g/mol. The molecular formula is C12H2Br9NO. The second-order valence-electron chi connectivity index (χ2n) is 4.00. The lowest BCUT2D eigenvalue weighted by Gasteiger charge is -2.18. The van der Waals surface area contributed by atoms with Gasteiger partial charge in [0.05, 0.1) is 41.5 Å². The van der Waals surface area contributed by atoms with Gasteiger partial charge in [0.1, 0.15) is 0 Å². The van der Waals surface area contributed by atoms with Crippen molar-refractivity contribution in [2.45, 2.75) is 0 Å². The number of ether oxygens (including phenoxy) is 1. The number of anilines is 1. The van der Waals surface area contributed by atoms with Crippen LogP contribution in [0, 0.1) is 0 Å². The summed E-state index contributed by atoms with van der Waals surface area (Å²) in [5, 5.41) is 0. The van der Waals surface area contributed by atoms with Gasteiger partial charge in [-0.05, 0) is 143 Å². The lowest BCUT2D eigenvalue weighted by Crippen LogP contribution is -1.97. The van der Waals surface area contributed by atoms with E-state index in [0.717, 1.165) is 22.4 Å². The number of nitrogen functional groups attached to an aromatic ring is 1. The van der Waals surface area contributed by atoms with Gasteiger partial charge < -0.3 is 10.5 Å². The molecule has 0 bridgehead atoms. The second-order valence-corrected chi connectivity index (χ2v) is 11.1. The molecule has 0 unspecified atom stereocenters. The Hall–Kier alpha value is 2.36. The van der Waals surface area contributed by atoms with E-state index in [1.165, 1.54) is 0 Å². The highest BCUT2D eigenvalue weighted by Gasteiger charge is 2.24. The van der Waals surface area contributed by atoms with Crippen molar-refractivity contribution in [3.63, 3.8) is 0 Å². The third kappa shape index (κ3) is 4.12. The van der Waals surface area contributed by atoms with Crippen molar-refractivity contribution >= 4 is 149 Å². The van der Waals surface area contributed by atoms with Gasteiger partial charge >= 0.3 is 0 Å². The topological polar surface area (TPSA) is 35.2 Å². The van der Waals surface area contributed by atoms with Crippen LogP contribution >= 0.6 is 143 Å². The fourth-order valence-corrected chi connectivity index (χ4v) is 6.94. The molecule has 2 rings (SSSR count). The average molecular weight is 895 g/mol. The van der Waals surface area contributed by atoms with Gasteiger partial charge in [-0.1, -0.05) is 0 Å². The van der Waals surface area contributed by atoms with Crippen LogP contribution in [0.15, 0.2) is 40.3 Å². The number of rotatable bonds is 2. The van der Waals surface area contributed by atoms with Crippen LogP contribution < -0.4 is 10.5 Å². The molecule has 0 aliphatic carbocycles. The quantitative estimate of drug-likeness (QED) is 0.185. The summed E-state index contributed by atoms with van der Waals surface area (Å²) in [6.45, 7) is 0. The van der Waals surface area contributed by atoms with Crippen molar-refractivity contribution in [2.75, 3.05) is 5.73 Å². The van der Waals surface area contributed by atoms with Crippen molar-refractivity contribution in [2.24, 2.45) is 0 Å². The third-order valence-electron chi connectivity index (χ3n) is 2.63. The fourth-order valence-electron chi connectivity index (χ4n) is 1.49. The zero-order chi connectivity index (χ0) is 17.6. The molecule has 124 valence electrons. The highest BCUT2D eigenvalue weighted by molar-refractivity contribution is 9.16. The van der Waals surface area contributed by atoms with E-state index < -0.39 is 0 Å². The molecule has 0 amide bonds. The SMILES string of the molecule is Nc1c(Br)c(Br)c(Oc2c(Br)c(Br)c(Br)c(Br)c2Br)c(Br)c1Br. The Kier molecular flexibility index (Phi) is 8.08. The summed E-state index contributed by atoms with van der Waals surface area (Å²) < 4.78 is 12.9. The molecule has 0 fully saturated rings. The van der Waals surface area contributed by atoms with E-state index in [-0.39, 0.29) is 0 Å². The third-order valence-corrected chi connectivity index (χ3v) is 12.9. The van der Waals surface area contributed by atoms with E-state index in [1.54, 1.807) is 0 Å². The normalized spacial score (nSPS) is 11.0. The van der Waals surface area contributed by atoms with Crippen LogP contribution in [-0.4, -0.2) is 0 Å². The molecule has 0 atom stereocenters. The van der Waals surface area contributed by atoms with Gasteiger partial charge in [-0.3, -0.25) is 0 Å². The smallest absolute Gasteiger partial charge is 0.158 e. The van der Waals surface area contributed by atoms with Gasteiger partial charge in [0, 0.05) is 4.47 Å². The zero-order valence-corrected chi connectivity index (χ0v) is 24.7. The first kappa shape index (κ1) is 21.7. The van der Waals surface area contributed by atoms with Gasteiger partial charge in [0.25, 0.3) is 0 Å². The molecule has 2 N–H and O–H groups in total. The maximum Gasteiger partial charge on any atom is 0.158 e. The van der Waals surface area contributed by atoms with Crippen LogP contribution in [0.4, 0.5) is 5.69 Å². The van der Waals surface area contributed by atoms with Gasteiger partial charge in [0.2, 0.25) is 0 Å². The van der Waals surface area contributed by atoms with Gasteiger partial charge in [-0.15, -0.1) is 0 Å². The van der Waals surface area contributed by atoms with Gasteiger partial charge in [-0.2, -0.15) is 0 Å². The molecule has 2 aromatic carbocycles. The van der Waals surface area contributed by atoms with Crippen LogP contribution in [0.25, 0.3) is 0 Å². The molecule has 0 spiro atoms. The molecule has 0 aromatic heterocycles. The summed E-state index contributed by atoms with van der Waals surface area (Å²) in [6.07, 6.45) is 0. The fraction of sp³-hybridized carbons (Fsp3) is 0. The number of nitrogens with two attached hydrogens (primary N) is 1. The number of benzene rings is 2. The number of hydrogen-bond acceptors (Lipinski definition) is 2. The molecule has 0 heterocycles. The molecule has 0 saturated carbocycles. The van der Waals surface area contributed by atoms with Crippen molar-refractivity contribution in [1.82, 2.24) is 0 Å². The highest BCUT2D eigenvalue weighted by atomic mass is 79.9. The minimum Gasteiger partial charge on any atom is -0.452 e. The molecule has 2 aromatic rings. The Labute approximate surface area is 208 Å². The zero-order valence-electron chi connectivity index (χ0n) is 10.4. The van der Waals surface area contributed by atoms with E-state index in [4.69, 9.17) is 10.5 Å². The summed E-state index contributed by atoms with van der Waals surface area (Å²) in [4.78, 5) is 0. The molecule has 11 heteroatoms. The standard InChI is InChI=1S/C12H2Br9NO/c13-1-2(14)6(18)11(7(19)3(1)15)23-12-8(20)4(16)10(22)5(17)9(12)21/h22H2. The largest absolute Gasteiger partial charge is 0.452 e. The van der Waals surface area contributed by atoms with E-state index >= 15 is 0 Å². The first-order valence-electron chi connectivity index (χ1n) is 5.40. The van der Waals surface area contributed by atoms with Crippen LogP contribution in [0.2, 0.25) is 0 Å². The Balaban J connectivity index is 2.71. The molecule has 23 heavy (non-hydrogen) atoms. The highest BCUT2D eigenvalue weighted by Crippen LogP contribution is 2.54. The Bertz CT molecular complexity index is 696. The van der Waals surface area contributed by atoms with E-state index in [2.05, 4.69) is 143 Å². The summed E-state index contributed by atoms with van der Waals surface area (Å²) in [5.74, 6) is 1.16. The Morgan fingerprint density at radius 2 is 0.696 bits per heavy atom. The van der Waals surface area contributed by atoms with Crippen molar-refractivity contribution in [3.05, 3.63) is 40.3 Å². The molecular weight excluding hydrogens is 893 g/mol. The minimum absolute atomic E-state index is 0.562. The first-order chi connectivity index (χ1) is 10.6. The van der Waals surface area contributed by atoms with Crippen molar-refractivity contribution in [1.29, 1.82) is 0 Å². The van der Waals surface area contributed by atoms with E-state index in [0.29, 0.717) is 35.1 Å². The predicted octanol–water partition coefficient (Wildman–Crippen LogP) is 9.92. The second kappa shape index (κ2) is 8.58. The Morgan fingerprint density at radius 1 is 0.435 bits per heavy atom. The number of halogens is 9. The van der Waals surface area contributed by atoms with Crippen LogP contribution in [-0.2, 0) is 0 Å². The maximum absolute atomic E-state index is 6.15. The van der Waals surface area contributed by atoms with Gasteiger partial charge in [-0.25, -0.2) is 0 Å². The van der Waals surface area contributed by atoms with Crippen LogP contribution in [0.5, 0.6) is 11.5 Å². The summed E-state index contributed by atoms with van der Waals surface area (Å²) in [7, 11) is 0. The predicted molar refractivity (Wildman–Crippen MR) is 127 cm³/mol. The number of hydrogen-bond donors (Lipinski definition) is 1. The minimum atomic E-state index is 0.562. The van der Waals surface area contributed by atoms with Crippen LogP contribution in [0.1, 0.15) is 0 Å². The Morgan fingerprint density at radius 3 is 1.04 bits per heavy atom. The van der Waals surface area contributed by atoms with E-state index in [1.807, 2.05) is 0 Å². The summed E-state index contributed by atoms with van der Waals surface area (Å²) >= 11 is 31.6.